The summed E-state index contributed by atoms with van der Waals surface area (Å²) in [5.74, 6) is 0.335. The van der Waals surface area contributed by atoms with Crippen molar-refractivity contribution in [3.63, 3.8) is 0 Å². The Morgan fingerprint density at radius 3 is 2.58 bits per heavy atom. The van der Waals surface area contributed by atoms with Gasteiger partial charge in [-0.2, -0.15) is 0 Å². The average molecular weight is 370 g/mol. The molecule has 1 aliphatic heterocycles. The summed E-state index contributed by atoms with van der Waals surface area (Å²) in [6.45, 7) is 2.66. The number of benzene rings is 2. The molecule has 5 nitrogen and oxygen atoms in total. The van der Waals surface area contributed by atoms with Gasteiger partial charge in [0, 0.05) is 23.8 Å². The van der Waals surface area contributed by atoms with Crippen LogP contribution in [0.25, 0.3) is 0 Å². The van der Waals surface area contributed by atoms with E-state index >= 15 is 0 Å². The fourth-order valence-corrected chi connectivity index (χ4v) is 4.55. The smallest absolute Gasteiger partial charge is 0.236 e. The second kappa shape index (κ2) is 6.43. The van der Waals surface area contributed by atoms with Gasteiger partial charge in [0.1, 0.15) is 0 Å². The molecule has 0 radical (unpaired) electrons. The van der Waals surface area contributed by atoms with Crippen molar-refractivity contribution in [3.05, 3.63) is 59.2 Å². The van der Waals surface area contributed by atoms with Crippen LogP contribution in [-0.4, -0.2) is 20.9 Å². The molecule has 26 heavy (non-hydrogen) atoms. The van der Waals surface area contributed by atoms with Crippen molar-refractivity contribution in [2.45, 2.75) is 31.9 Å². The van der Waals surface area contributed by atoms with Crippen LogP contribution in [0, 0.1) is 12.8 Å². The molecule has 1 saturated carbocycles. The monoisotopic (exact) mass is 370 g/mol. The van der Waals surface area contributed by atoms with Crippen molar-refractivity contribution in [2.75, 3.05) is 16.2 Å². The Hall–Kier alpha value is -2.34. The summed E-state index contributed by atoms with van der Waals surface area (Å²) in [6, 6.07) is 12.9. The van der Waals surface area contributed by atoms with E-state index in [0.29, 0.717) is 12.2 Å². The highest BCUT2D eigenvalue weighted by Crippen LogP contribution is 2.37. The molecule has 0 atom stereocenters. The molecule has 6 heteroatoms. The first-order valence-corrected chi connectivity index (χ1v) is 10.6. The zero-order valence-electron chi connectivity index (χ0n) is 14.7. The molecular weight excluding hydrogens is 348 g/mol. The van der Waals surface area contributed by atoms with Crippen molar-refractivity contribution in [2.24, 2.45) is 5.92 Å². The number of fused-ring (bicyclic) bond motifs is 1. The summed E-state index contributed by atoms with van der Waals surface area (Å²) in [5.41, 5.74) is 4.35. The summed E-state index contributed by atoms with van der Waals surface area (Å²) in [4.78, 5) is 14.2. The fourth-order valence-electron chi connectivity index (χ4n) is 3.36. The van der Waals surface area contributed by atoms with Crippen LogP contribution in [0.4, 0.5) is 11.4 Å². The first-order chi connectivity index (χ1) is 12.4. The summed E-state index contributed by atoms with van der Waals surface area (Å²) < 4.78 is 27.6. The second-order valence-electron chi connectivity index (χ2n) is 7.20. The minimum atomic E-state index is -3.48. The molecule has 1 amide bonds. The number of aryl methyl sites for hydroxylation is 1. The molecule has 2 aliphatic rings. The number of amides is 1. The second-order valence-corrected chi connectivity index (χ2v) is 8.93. The SMILES string of the molecule is Cc1ccc(CS(=O)(=O)Nc2ccc3c(c2)CCN3C(=O)C2CC2)cc1. The Morgan fingerprint density at radius 2 is 1.88 bits per heavy atom. The molecule has 136 valence electrons. The van der Waals surface area contributed by atoms with Crippen LogP contribution in [0.15, 0.2) is 42.5 Å². The number of sulfonamides is 1. The maximum atomic E-state index is 12.4. The van der Waals surface area contributed by atoms with Crippen LogP contribution in [0.5, 0.6) is 0 Å². The molecule has 1 aliphatic carbocycles. The summed E-state index contributed by atoms with van der Waals surface area (Å²) in [6.07, 6.45) is 2.74. The number of hydrogen-bond donors (Lipinski definition) is 1. The third-order valence-corrected chi connectivity index (χ3v) is 6.18. The van der Waals surface area contributed by atoms with Gasteiger partial charge in [0.05, 0.1) is 5.75 Å². The van der Waals surface area contributed by atoms with Gasteiger partial charge in [-0.05, 0) is 55.5 Å². The van der Waals surface area contributed by atoms with Crippen molar-refractivity contribution >= 4 is 27.3 Å². The van der Waals surface area contributed by atoms with Gasteiger partial charge in [-0.1, -0.05) is 29.8 Å². The molecular formula is C20H22N2O3S. The Kier molecular flexibility index (Phi) is 4.23. The van der Waals surface area contributed by atoms with Gasteiger partial charge in [0.15, 0.2) is 0 Å². The standard InChI is InChI=1S/C20H22N2O3S/c1-14-2-4-15(5-3-14)13-26(24,25)21-18-8-9-19-17(12-18)10-11-22(19)20(23)16-6-7-16/h2-5,8-9,12,16,21H,6-7,10-11,13H2,1H3. The van der Waals surface area contributed by atoms with Crippen LogP contribution >= 0.6 is 0 Å². The van der Waals surface area contributed by atoms with Gasteiger partial charge in [0.25, 0.3) is 0 Å². The van der Waals surface area contributed by atoms with Crippen molar-refractivity contribution < 1.29 is 13.2 Å². The predicted molar refractivity (Wildman–Crippen MR) is 103 cm³/mol. The van der Waals surface area contributed by atoms with E-state index in [-0.39, 0.29) is 17.6 Å². The highest BCUT2D eigenvalue weighted by molar-refractivity contribution is 7.91. The maximum absolute atomic E-state index is 12.4. The van der Waals surface area contributed by atoms with E-state index in [2.05, 4.69) is 4.72 Å². The molecule has 1 N–H and O–H groups in total. The molecule has 0 bridgehead atoms. The summed E-state index contributed by atoms with van der Waals surface area (Å²) in [5, 5.41) is 0. The molecule has 1 heterocycles. The zero-order valence-corrected chi connectivity index (χ0v) is 15.6. The van der Waals surface area contributed by atoms with E-state index in [1.54, 1.807) is 6.07 Å². The Bertz CT molecular complexity index is 948. The molecule has 0 spiro atoms. The highest BCUT2D eigenvalue weighted by Gasteiger charge is 2.36. The molecule has 0 aromatic heterocycles. The van der Waals surface area contributed by atoms with Crippen LogP contribution in [0.1, 0.15) is 29.5 Å². The summed E-state index contributed by atoms with van der Waals surface area (Å²) >= 11 is 0. The number of anilines is 2. The van der Waals surface area contributed by atoms with Crippen LogP contribution < -0.4 is 9.62 Å². The lowest BCUT2D eigenvalue weighted by atomic mass is 10.1. The Morgan fingerprint density at radius 1 is 1.15 bits per heavy atom. The number of carbonyl (C=O) groups excluding carboxylic acids is 1. The van der Waals surface area contributed by atoms with Crippen molar-refractivity contribution in [3.8, 4) is 0 Å². The lowest BCUT2D eigenvalue weighted by Crippen LogP contribution is -2.30. The Balaban J connectivity index is 1.48. The third-order valence-electron chi connectivity index (χ3n) is 4.92. The molecule has 0 unspecified atom stereocenters. The number of nitrogens with one attached hydrogen (secondary N) is 1. The number of rotatable bonds is 5. The topological polar surface area (TPSA) is 66.5 Å². The average Bonchev–Trinajstić information content (AvgIpc) is 3.36. The third kappa shape index (κ3) is 3.60. The van der Waals surface area contributed by atoms with Crippen LogP contribution in [-0.2, 0) is 27.0 Å². The molecule has 1 fully saturated rings. The van der Waals surface area contributed by atoms with Gasteiger partial charge >= 0.3 is 0 Å². The van der Waals surface area contributed by atoms with Crippen molar-refractivity contribution in [1.29, 1.82) is 0 Å². The van der Waals surface area contributed by atoms with Gasteiger partial charge in [-0.3, -0.25) is 9.52 Å². The number of hydrogen-bond acceptors (Lipinski definition) is 3. The minimum Gasteiger partial charge on any atom is -0.312 e. The molecule has 2 aromatic carbocycles. The normalized spacial score (nSPS) is 16.4. The van der Waals surface area contributed by atoms with Crippen LogP contribution in [0.3, 0.4) is 0 Å². The first-order valence-electron chi connectivity index (χ1n) is 8.92. The fraction of sp³-hybridized carbons (Fsp3) is 0.350. The van der Waals surface area contributed by atoms with Crippen LogP contribution in [0.2, 0.25) is 0 Å². The van der Waals surface area contributed by atoms with Gasteiger partial charge in [0.2, 0.25) is 15.9 Å². The number of nitrogens with zero attached hydrogens (tertiary/aromatic N) is 1. The maximum Gasteiger partial charge on any atom is 0.236 e. The zero-order chi connectivity index (χ0) is 18.3. The van der Waals surface area contributed by atoms with Crippen molar-refractivity contribution in [1.82, 2.24) is 0 Å². The first kappa shape index (κ1) is 17.1. The minimum absolute atomic E-state index is 0.0589. The van der Waals surface area contributed by atoms with Gasteiger partial charge < -0.3 is 4.90 Å². The van der Waals surface area contributed by atoms with E-state index in [1.165, 1.54) is 0 Å². The highest BCUT2D eigenvalue weighted by atomic mass is 32.2. The van der Waals surface area contributed by atoms with E-state index in [9.17, 15) is 13.2 Å². The van der Waals surface area contributed by atoms with E-state index in [1.807, 2.05) is 48.2 Å². The van der Waals surface area contributed by atoms with E-state index in [0.717, 1.165) is 41.6 Å². The molecule has 2 aromatic rings. The van der Waals surface area contributed by atoms with Gasteiger partial charge in [-0.25, -0.2) is 8.42 Å². The predicted octanol–water partition coefficient (Wildman–Crippen LogP) is 3.24. The number of carbonyl (C=O) groups is 1. The van der Waals surface area contributed by atoms with E-state index < -0.39 is 10.0 Å². The lowest BCUT2D eigenvalue weighted by Gasteiger charge is -2.17. The molecule has 0 saturated heterocycles. The van der Waals surface area contributed by atoms with Gasteiger partial charge in [-0.15, -0.1) is 0 Å². The Labute approximate surface area is 154 Å². The lowest BCUT2D eigenvalue weighted by molar-refractivity contribution is -0.119. The largest absolute Gasteiger partial charge is 0.312 e. The molecule has 4 rings (SSSR count). The summed E-state index contributed by atoms with van der Waals surface area (Å²) in [7, 11) is -3.48. The van der Waals surface area contributed by atoms with E-state index in [4.69, 9.17) is 0 Å². The quantitative estimate of drug-likeness (QED) is 0.879.